The van der Waals surface area contributed by atoms with E-state index in [-0.39, 0.29) is 23.9 Å². The number of nitrogens with zero attached hydrogens (tertiary/aromatic N) is 2. The van der Waals surface area contributed by atoms with Crippen molar-refractivity contribution in [2.24, 2.45) is 4.99 Å². The van der Waals surface area contributed by atoms with Crippen molar-refractivity contribution in [1.82, 2.24) is 0 Å². The van der Waals surface area contributed by atoms with Gasteiger partial charge in [0.1, 0.15) is 6.04 Å². The molecule has 1 aliphatic heterocycles. The number of rotatable bonds is 7. The first-order valence-electron chi connectivity index (χ1n) is 12.2. The topological polar surface area (TPSA) is 114 Å². The van der Waals surface area contributed by atoms with Gasteiger partial charge in [0.05, 0.1) is 22.7 Å². The van der Waals surface area contributed by atoms with E-state index in [1.807, 2.05) is 66.7 Å². The third-order valence-corrected chi connectivity index (χ3v) is 7.11. The minimum atomic E-state index is -0.768. The molecule has 4 aromatic rings. The maximum Gasteiger partial charge on any atom is 0.271 e. The maximum absolute atomic E-state index is 13.2. The lowest BCUT2D eigenvalue weighted by Crippen LogP contribution is -2.27. The number of benzodiazepines with no additional fused rings is 1. The molecule has 4 aromatic carbocycles. The molecule has 2 N–H and O–H groups in total. The number of anilines is 2. The van der Waals surface area contributed by atoms with E-state index in [0.717, 1.165) is 15.6 Å². The average Bonchev–Trinajstić information content (AvgIpc) is 3.06. The Morgan fingerprint density at radius 3 is 2.41 bits per heavy atom. The van der Waals surface area contributed by atoms with Gasteiger partial charge in [-0.15, -0.1) is 0 Å². The molecule has 1 heterocycles. The molecule has 8 nitrogen and oxygen atoms in total. The summed E-state index contributed by atoms with van der Waals surface area (Å²) < 4.78 is 0.863. The van der Waals surface area contributed by atoms with E-state index in [0.29, 0.717) is 34.6 Å². The number of nitrogens with one attached hydrogen (secondary N) is 2. The van der Waals surface area contributed by atoms with Gasteiger partial charge < -0.3 is 10.6 Å². The molecule has 0 spiro atoms. The number of carbonyl (C=O) groups is 2. The third-order valence-electron chi connectivity index (χ3n) is 6.34. The number of nitro benzene ring substituents is 1. The van der Waals surface area contributed by atoms with E-state index in [1.54, 1.807) is 18.2 Å². The number of hydrogen-bond acceptors (Lipinski definition) is 5. The first-order chi connectivity index (χ1) is 18.9. The van der Waals surface area contributed by atoms with Crippen molar-refractivity contribution in [3.63, 3.8) is 0 Å². The van der Waals surface area contributed by atoms with Gasteiger partial charge >= 0.3 is 0 Å². The lowest BCUT2D eigenvalue weighted by molar-refractivity contribution is -0.384. The van der Waals surface area contributed by atoms with Gasteiger partial charge in [0.25, 0.3) is 5.69 Å². The highest BCUT2D eigenvalue weighted by atomic mass is 79.9. The van der Waals surface area contributed by atoms with Crippen LogP contribution >= 0.6 is 15.9 Å². The van der Waals surface area contributed by atoms with Gasteiger partial charge in [0.2, 0.25) is 11.8 Å². The van der Waals surface area contributed by atoms with Crippen molar-refractivity contribution in [1.29, 1.82) is 0 Å². The molecule has 9 heteroatoms. The number of hydrogen-bond donors (Lipinski definition) is 2. The standard InChI is InChI=1S/C30H23BrN4O4/c31-25-9-5-4-8-21(25)17-27-30(37)34-26-18-23(35(38)39)14-15-24(26)29(33-27)20-10-12-22(13-11-20)32-28(36)16-19-6-2-1-3-7-19/h1-15,18,27H,16-17H2,(H,32,36)(H,34,37). The number of halogens is 1. The Morgan fingerprint density at radius 2 is 1.69 bits per heavy atom. The van der Waals surface area contributed by atoms with Crippen LogP contribution in [0.2, 0.25) is 0 Å². The van der Waals surface area contributed by atoms with Crippen LogP contribution in [-0.4, -0.2) is 28.5 Å². The normalized spacial score (nSPS) is 14.4. The molecule has 39 heavy (non-hydrogen) atoms. The monoisotopic (exact) mass is 582 g/mol. The van der Waals surface area contributed by atoms with Crippen LogP contribution in [0.15, 0.2) is 107 Å². The van der Waals surface area contributed by atoms with Gasteiger partial charge in [0.15, 0.2) is 0 Å². The van der Waals surface area contributed by atoms with Gasteiger partial charge in [-0.2, -0.15) is 0 Å². The highest BCUT2D eigenvalue weighted by Gasteiger charge is 2.28. The number of carbonyl (C=O) groups excluding carboxylic acids is 2. The van der Waals surface area contributed by atoms with Crippen molar-refractivity contribution in [3.05, 3.63) is 134 Å². The lowest BCUT2D eigenvalue weighted by Gasteiger charge is -2.13. The van der Waals surface area contributed by atoms with Gasteiger partial charge in [0, 0.05) is 39.8 Å². The summed E-state index contributed by atoms with van der Waals surface area (Å²) in [6.07, 6.45) is 0.590. The number of amides is 2. The summed E-state index contributed by atoms with van der Waals surface area (Å²) in [5.41, 5.74) is 4.45. The summed E-state index contributed by atoms with van der Waals surface area (Å²) >= 11 is 3.53. The Morgan fingerprint density at radius 1 is 0.974 bits per heavy atom. The lowest BCUT2D eigenvalue weighted by atomic mass is 9.99. The van der Waals surface area contributed by atoms with Crippen molar-refractivity contribution in [2.75, 3.05) is 10.6 Å². The van der Waals surface area contributed by atoms with Crippen LogP contribution in [0.5, 0.6) is 0 Å². The number of non-ortho nitro benzene ring substituents is 1. The molecule has 0 bridgehead atoms. The first kappa shape index (κ1) is 26.0. The quantitative estimate of drug-likeness (QED) is 0.207. The predicted molar refractivity (Wildman–Crippen MR) is 154 cm³/mol. The Bertz CT molecular complexity index is 1590. The number of benzene rings is 4. The molecular formula is C30H23BrN4O4. The van der Waals surface area contributed by atoms with E-state index in [9.17, 15) is 19.7 Å². The molecule has 2 amide bonds. The Balaban J connectivity index is 1.47. The van der Waals surface area contributed by atoms with Gasteiger partial charge in [-0.3, -0.25) is 24.7 Å². The second-order valence-corrected chi connectivity index (χ2v) is 9.91. The SMILES string of the molecule is O=C(Cc1ccccc1)Nc1ccc(C2=NC(Cc3ccccc3Br)C(=O)Nc3cc([N+](=O)[O-])ccc32)cc1. The average molecular weight is 583 g/mol. The fourth-order valence-electron chi connectivity index (χ4n) is 4.39. The fraction of sp³-hybridized carbons (Fsp3) is 0.100. The van der Waals surface area contributed by atoms with Crippen LogP contribution in [0.25, 0.3) is 0 Å². The van der Waals surface area contributed by atoms with Crippen molar-refractivity contribution >= 4 is 50.5 Å². The highest BCUT2D eigenvalue weighted by molar-refractivity contribution is 9.10. The highest BCUT2D eigenvalue weighted by Crippen LogP contribution is 2.30. The van der Waals surface area contributed by atoms with Crippen LogP contribution in [0.1, 0.15) is 22.3 Å². The van der Waals surface area contributed by atoms with Gasteiger partial charge in [-0.05, 0) is 35.4 Å². The van der Waals surface area contributed by atoms with E-state index in [1.165, 1.54) is 12.1 Å². The largest absolute Gasteiger partial charge is 0.326 e. The van der Waals surface area contributed by atoms with Crippen LogP contribution in [-0.2, 0) is 22.4 Å². The first-order valence-corrected chi connectivity index (χ1v) is 13.0. The molecule has 1 aliphatic rings. The molecule has 1 atom stereocenters. The molecule has 0 saturated carbocycles. The van der Waals surface area contributed by atoms with Gasteiger partial charge in [-0.1, -0.05) is 76.6 Å². The van der Waals surface area contributed by atoms with E-state index in [4.69, 9.17) is 4.99 Å². The minimum absolute atomic E-state index is 0.130. The zero-order valence-electron chi connectivity index (χ0n) is 20.6. The number of fused-ring (bicyclic) bond motifs is 1. The summed E-state index contributed by atoms with van der Waals surface area (Å²) in [5, 5.41) is 17.2. The van der Waals surface area contributed by atoms with E-state index < -0.39 is 11.0 Å². The number of aliphatic imine (C=N–C) groups is 1. The summed E-state index contributed by atoms with van der Waals surface area (Å²) in [6, 6.07) is 27.8. The minimum Gasteiger partial charge on any atom is -0.326 e. The molecule has 0 aromatic heterocycles. The Kier molecular flexibility index (Phi) is 7.60. The van der Waals surface area contributed by atoms with E-state index >= 15 is 0 Å². The van der Waals surface area contributed by atoms with Crippen LogP contribution in [0, 0.1) is 10.1 Å². The molecule has 194 valence electrons. The molecular weight excluding hydrogens is 560 g/mol. The zero-order valence-corrected chi connectivity index (χ0v) is 22.2. The predicted octanol–water partition coefficient (Wildman–Crippen LogP) is 5.94. The van der Waals surface area contributed by atoms with Crippen LogP contribution in [0.3, 0.4) is 0 Å². The summed E-state index contributed by atoms with van der Waals surface area (Å²) in [6.45, 7) is 0. The van der Waals surface area contributed by atoms with Gasteiger partial charge in [-0.25, -0.2) is 0 Å². The molecule has 0 fully saturated rings. The fourth-order valence-corrected chi connectivity index (χ4v) is 4.84. The zero-order chi connectivity index (χ0) is 27.4. The smallest absolute Gasteiger partial charge is 0.271 e. The van der Waals surface area contributed by atoms with Crippen LogP contribution in [0.4, 0.5) is 17.1 Å². The van der Waals surface area contributed by atoms with E-state index in [2.05, 4.69) is 26.6 Å². The Hall–Kier alpha value is -4.63. The third kappa shape index (κ3) is 6.10. The maximum atomic E-state index is 13.2. The summed E-state index contributed by atoms with van der Waals surface area (Å²) in [7, 11) is 0. The van der Waals surface area contributed by atoms with Crippen LogP contribution < -0.4 is 10.6 Å². The molecule has 1 unspecified atom stereocenters. The molecule has 0 aliphatic carbocycles. The molecule has 0 radical (unpaired) electrons. The molecule has 5 rings (SSSR count). The van der Waals surface area contributed by atoms with Crippen molar-refractivity contribution in [3.8, 4) is 0 Å². The summed E-state index contributed by atoms with van der Waals surface area (Å²) in [5.74, 6) is -0.492. The molecule has 0 saturated heterocycles. The number of nitro groups is 1. The Labute approximate surface area is 233 Å². The van der Waals surface area contributed by atoms with Crippen molar-refractivity contribution in [2.45, 2.75) is 18.9 Å². The second kappa shape index (κ2) is 11.4. The summed E-state index contributed by atoms with van der Waals surface area (Å²) in [4.78, 5) is 41.5. The second-order valence-electron chi connectivity index (χ2n) is 9.05. The van der Waals surface area contributed by atoms with Crippen molar-refractivity contribution < 1.29 is 14.5 Å².